The minimum Gasteiger partial charge on any atom is -0.354 e. The molecular formula is C13H20ClN3O. The number of nitrogens with one attached hydrogen (secondary N) is 1. The van der Waals surface area contributed by atoms with Crippen LogP contribution in [0.4, 0.5) is 0 Å². The van der Waals surface area contributed by atoms with Gasteiger partial charge < -0.3 is 16.0 Å². The Bertz CT molecular complexity index is 396. The summed E-state index contributed by atoms with van der Waals surface area (Å²) in [6.07, 6.45) is 0.350. The van der Waals surface area contributed by atoms with Crippen LogP contribution in [0.3, 0.4) is 0 Å². The molecule has 0 aliphatic rings. The van der Waals surface area contributed by atoms with E-state index >= 15 is 0 Å². The van der Waals surface area contributed by atoms with E-state index in [4.69, 9.17) is 17.3 Å². The number of benzene rings is 1. The highest BCUT2D eigenvalue weighted by atomic mass is 35.5. The van der Waals surface area contributed by atoms with Crippen LogP contribution in [0.25, 0.3) is 0 Å². The van der Waals surface area contributed by atoms with Gasteiger partial charge in [-0.05, 0) is 25.7 Å². The third-order valence-corrected chi connectivity index (χ3v) is 3.10. The van der Waals surface area contributed by atoms with E-state index < -0.39 is 0 Å². The number of carbonyl (C=O) groups excluding carboxylic acids is 1. The minimum absolute atomic E-state index is 0.0311. The summed E-state index contributed by atoms with van der Waals surface area (Å²) in [6.45, 7) is 0.889. The van der Waals surface area contributed by atoms with E-state index in [1.807, 2.05) is 43.3 Å². The molecule has 1 rings (SSSR count). The molecule has 1 aromatic rings. The SMILES string of the molecule is CN(C)C(CNC(=O)CCN)c1ccccc1Cl. The molecule has 100 valence electrons. The van der Waals surface area contributed by atoms with Crippen molar-refractivity contribution >= 4 is 17.5 Å². The summed E-state index contributed by atoms with van der Waals surface area (Å²) in [5.74, 6) is -0.0311. The molecule has 0 fully saturated rings. The summed E-state index contributed by atoms with van der Waals surface area (Å²) in [5, 5.41) is 3.58. The Labute approximate surface area is 113 Å². The van der Waals surface area contributed by atoms with Crippen molar-refractivity contribution in [2.75, 3.05) is 27.2 Å². The molecule has 0 aliphatic heterocycles. The number of hydrogen-bond acceptors (Lipinski definition) is 3. The third-order valence-electron chi connectivity index (χ3n) is 2.75. The second kappa shape index (κ2) is 7.36. The summed E-state index contributed by atoms with van der Waals surface area (Å²) in [6, 6.07) is 7.72. The van der Waals surface area contributed by atoms with Crippen LogP contribution in [0.5, 0.6) is 0 Å². The zero-order chi connectivity index (χ0) is 13.5. The Balaban J connectivity index is 2.72. The number of rotatable bonds is 6. The molecule has 1 aromatic carbocycles. The van der Waals surface area contributed by atoms with E-state index in [-0.39, 0.29) is 11.9 Å². The first-order valence-electron chi connectivity index (χ1n) is 5.94. The predicted octanol–water partition coefficient (Wildman–Crippen LogP) is 1.41. The van der Waals surface area contributed by atoms with Crippen LogP contribution >= 0.6 is 11.6 Å². The topological polar surface area (TPSA) is 58.4 Å². The van der Waals surface area contributed by atoms with Gasteiger partial charge in [-0.1, -0.05) is 29.8 Å². The van der Waals surface area contributed by atoms with Crippen LogP contribution in [-0.4, -0.2) is 38.0 Å². The van der Waals surface area contributed by atoms with Gasteiger partial charge in [0.2, 0.25) is 5.91 Å². The van der Waals surface area contributed by atoms with Crippen molar-refractivity contribution in [3.05, 3.63) is 34.9 Å². The molecule has 0 spiro atoms. The van der Waals surface area contributed by atoms with E-state index in [1.165, 1.54) is 0 Å². The first-order chi connectivity index (χ1) is 8.56. The van der Waals surface area contributed by atoms with Crippen molar-refractivity contribution in [1.82, 2.24) is 10.2 Å². The van der Waals surface area contributed by atoms with Crippen molar-refractivity contribution in [2.24, 2.45) is 5.73 Å². The van der Waals surface area contributed by atoms with Crippen LogP contribution in [-0.2, 0) is 4.79 Å². The van der Waals surface area contributed by atoms with Crippen LogP contribution in [0.2, 0.25) is 5.02 Å². The van der Waals surface area contributed by atoms with Crippen LogP contribution in [0.1, 0.15) is 18.0 Å². The molecule has 0 saturated carbocycles. The highest BCUT2D eigenvalue weighted by molar-refractivity contribution is 6.31. The lowest BCUT2D eigenvalue weighted by atomic mass is 10.1. The predicted molar refractivity (Wildman–Crippen MR) is 74.6 cm³/mol. The van der Waals surface area contributed by atoms with Crippen molar-refractivity contribution in [2.45, 2.75) is 12.5 Å². The lowest BCUT2D eigenvalue weighted by Crippen LogP contribution is -2.35. The van der Waals surface area contributed by atoms with E-state index in [2.05, 4.69) is 5.32 Å². The van der Waals surface area contributed by atoms with Gasteiger partial charge in [0.05, 0.1) is 6.04 Å². The first-order valence-corrected chi connectivity index (χ1v) is 6.31. The highest BCUT2D eigenvalue weighted by Crippen LogP contribution is 2.25. The van der Waals surface area contributed by atoms with Gasteiger partial charge in [-0.2, -0.15) is 0 Å². The van der Waals surface area contributed by atoms with Crippen molar-refractivity contribution in [1.29, 1.82) is 0 Å². The van der Waals surface area contributed by atoms with Gasteiger partial charge in [-0.25, -0.2) is 0 Å². The van der Waals surface area contributed by atoms with Gasteiger partial charge in [0.1, 0.15) is 0 Å². The lowest BCUT2D eigenvalue weighted by Gasteiger charge is -2.26. The summed E-state index contributed by atoms with van der Waals surface area (Å²) in [7, 11) is 3.92. The Morgan fingerprint density at radius 1 is 1.44 bits per heavy atom. The number of amides is 1. The molecule has 0 aromatic heterocycles. The Kier molecular flexibility index (Phi) is 6.12. The van der Waals surface area contributed by atoms with Gasteiger partial charge in [0.15, 0.2) is 0 Å². The van der Waals surface area contributed by atoms with E-state index in [9.17, 15) is 4.79 Å². The number of hydrogen-bond donors (Lipinski definition) is 2. The minimum atomic E-state index is -0.0311. The Morgan fingerprint density at radius 3 is 2.67 bits per heavy atom. The molecule has 0 aliphatic carbocycles. The molecule has 0 saturated heterocycles. The second-order valence-corrected chi connectivity index (χ2v) is 4.75. The Morgan fingerprint density at radius 2 is 2.11 bits per heavy atom. The number of halogens is 1. The van der Waals surface area contributed by atoms with Gasteiger partial charge in [0, 0.05) is 24.5 Å². The largest absolute Gasteiger partial charge is 0.354 e. The smallest absolute Gasteiger partial charge is 0.221 e. The van der Waals surface area contributed by atoms with E-state index in [1.54, 1.807) is 0 Å². The molecular weight excluding hydrogens is 250 g/mol. The number of nitrogens with zero attached hydrogens (tertiary/aromatic N) is 1. The van der Waals surface area contributed by atoms with E-state index in [0.29, 0.717) is 24.5 Å². The van der Waals surface area contributed by atoms with Crippen molar-refractivity contribution in [3.63, 3.8) is 0 Å². The molecule has 18 heavy (non-hydrogen) atoms. The van der Waals surface area contributed by atoms with Crippen LogP contribution in [0, 0.1) is 0 Å². The normalized spacial score (nSPS) is 12.5. The van der Waals surface area contributed by atoms with Gasteiger partial charge >= 0.3 is 0 Å². The molecule has 0 bridgehead atoms. The average molecular weight is 270 g/mol. The first kappa shape index (κ1) is 15.0. The summed E-state index contributed by atoms with van der Waals surface area (Å²) in [5.41, 5.74) is 6.35. The molecule has 0 heterocycles. The van der Waals surface area contributed by atoms with Gasteiger partial charge in [0.25, 0.3) is 0 Å². The Hall–Kier alpha value is -1.10. The average Bonchev–Trinajstić information content (AvgIpc) is 2.31. The number of likely N-dealkylation sites (N-methyl/N-ethyl adjacent to an activating group) is 1. The molecule has 1 atom stereocenters. The molecule has 4 nitrogen and oxygen atoms in total. The summed E-state index contributed by atoms with van der Waals surface area (Å²) in [4.78, 5) is 13.5. The number of nitrogens with two attached hydrogens (primary N) is 1. The maximum absolute atomic E-state index is 11.4. The van der Waals surface area contributed by atoms with Crippen molar-refractivity contribution < 1.29 is 4.79 Å². The summed E-state index contributed by atoms with van der Waals surface area (Å²) >= 11 is 6.18. The summed E-state index contributed by atoms with van der Waals surface area (Å²) < 4.78 is 0. The zero-order valence-corrected chi connectivity index (χ0v) is 11.6. The quantitative estimate of drug-likeness (QED) is 0.821. The molecule has 3 N–H and O–H groups in total. The maximum Gasteiger partial charge on any atom is 0.221 e. The zero-order valence-electron chi connectivity index (χ0n) is 10.8. The number of carbonyl (C=O) groups is 1. The molecule has 1 unspecified atom stereocenters. The van der Waals surface area contributed by atoms with Gasteiger partial charge in [-0.3, -0.25) is 4.79 Å². The molecule has 5 heteroatoms. The monoisotopic (exact) mass is 269 g/mol. The fourth-order valence-electron chi connectivity index (χ4n) is 1.75. The van der Waals surface area contributed by atoms with Crippen LogP contribution < -0.4 is 11.1 Å². The molecule has 1 amide bonds. The maximum atomic E-state index is 11.4. The van der Waals surface area contributed by atoms with Crippen molar-refractivity contribution in [3.8, 4) is 0 Å². The fourth-order valence-corrected chi connectivity index (χ4v) is 2.01. The standard InChI is InChI=1S/C13H20ClN3O/c1-17(2)12(9-16-13(18)7-8-15)10-5-3-4-6-11(10)14/h3-6,12H,7-9,15H2,1-2H3,(H,16,18). The third kappa shape index (κ3) is 4.29. The molecule has 0 radical (unpaired) electrons. The van der Waals surface area contributed by atoms with Crippen LogP contribution in [0.15, 0.2) is 24.3 Å². The highest BCUT2D eigenvalue weighted by Gasteiger charge is 2.17. The van der Waals surface area contributed by atoms with E-state index in [0.717, 1.165) is 5.56 Å². The second-order valence-electron chi connectivity index (χ2n) is 4.34. The lowest BCUT2D eigenvalue weighted by molar-refractivity contribution is -0.121. The fraction of sp³-hybridized carbons (Fsp3) is 0.462. The van der Waals surface area contributed by atoms with Gasteiger partial charge in [-0.15, -0.1) is 0 Å².